The van der Waals surface area contributed by atoms with Crippen molar-refractivity contribution in [1.82, 2.24) is 0 Å². The number of carboxylic acid groups (broad SMARTS) is 1. The highest BCUT2D eigenvalue weighted by Gasteiger charge is 2.18. The van der Waals surface area contributed by atoms with Crippen molar-refractivity contribution in [3.05, 3.63) is 23.3 Å². The Kier molecular flexibility index (Phi) is 5.63. The minimum absolute atomic E-state index is 0.0542. The van der Waals surface area contributed by atoms with Gasteiger partial charge in [-0.2, -0.15) is 0 Å². The first-order valence-electron chi connectivity index (χ1n) is 6.26. The van der Waals surface area contributed by atoms with Crippen LogP contribution in [0, 0.1) is 0 Å². The number of carbonyl (C=O) groups is 1. The quantitative estimate of drug-likeness (QED) is 0.791. The molecule has 1 rings (SSSR count). The first-order valence-corrected chi connectivity index (χ1v) is 6.26. The molecule has 0 heterocycles. The van der Waals surface area contributed by atoms with Crippen molar-refractivity contribution in [3.8, 4) is 11.5 Å². The van der Waals surface area contributed by atoms with Crippen LogP contribution in [0.25, 0.3) is 0 Å². The van der Waals surface area contributed by atoms with E-state index in [1.54, 1.807) is 20.3 Å². The first kappa shape index (κ1) is 15.3. The average molecular weight is 267 g/mol. The molecule has 0 aliphatic carbocycles. The number of ether oxygens (including phenoxy) is 2. The second-order valence-electron chi connectivity index (χ2n) is 4.26. The van der Waals surface area contributed by atoms with Gasteiger partial charge in [-0.3, -0.25) is 4.79 Å². The molecule has 1 aromatic rings. The van der Waals surface area contributed by atoms with Crippen LogP contribution in [-0.4, -0.2) is 25.3 Å². The summed E-state index contributed by atoms with van der Waals surface area (Å²) < 4.78 is 10.6. The Bertz CT molecular complexity index is 445. The molecule has 0 aliphatic heterocycles. The number of carboxylic acids is 1. The Morgan fingerprint density at radius 2 is 2.05 bits per heavy atom. The molecule has 106 valence electrons. The summed E-state index contributed by atoms with van der Waals surface area (Å²) in [4.78, 5) is 10.6. The van der Waals surface area contributed by atoms with Gasteiger partial charge in [0, 0.05) is 18.0 Å². The Labute approximate surface area is 113 Å². The van der Waals surface area contributed by atoms with Crippen LogP contribution in [0.4, 0.5) is 0 Å². The van der Waals surface area contributed by atoms with Gasteiger partial charge in [-0.1, -0.05) is 13.0 Å². The third-order valence-electron chi connectivity index (χ3n) is 3.11. The van der Waals surface area contributed by atoms with Gasteiger partial charge >= 0.3 is 5.97 Å². The summed E-state index contributed by atoms with van der Waals surface area (Å²) in [5.41, 5.74) is 7.97. The Hall–Kier alpha value is -1.75. The largest absolute Gasteiger partial charge is 0.493 e. The van der Waals surface area contributed by atoms with Crippen molar-refractivity contribution in [2.45, 2.75) is 32.2 Å². The number of benzene rings is 1. The number of rotatable bonds is 7. The van der Waals surface area contributed by atoms with E-state index in [2.05, 4.69) is 0 Å². The van der Waals surface area contributed by atoms with Gasteiger partial charge in [0.15, 0.2) is 11.5 Å². The number of nitrogens with two attached hydrogens (primary N) is 1. The van der Waals surface area contributed by atoms with E-state index in [9.17, 15) is 4.79 Å². The molecule has 19 heavy (non-hydrogen) atoms. The number of aliphatic carboxylic acids is 1. The minimum Gasteiger partial charge on any atom is -0.493 e. The topological polar surface area (TPSA) is 81.8 Å². The molecule has 5 nitrogen and oxygen atoms in total. The zero-order valence-corrected chi connectivity index (χ0v) is 11.6. The summed E-state index contributed by atoms with van der Waals surface area (Å²) in [6, 6.07) is 3.37. The summed E-state index contributed by atoms with van der Waals surface area (Å²) in [7, 11) is 3.17. The van der Waals surface area contributed by atoms with Gasteiger partial charge in [0.2, 0.25) is 0 Å². The Morgan fingerprint density at radius 1 is 1.37 bits per heavy atom. The maximum Gasteiger partial charge on any atom is 0.303 e. The zero-order valence-electron chi connectivity index (χ0n) is 11.6. The number of hydrogen-bond donors (Lipinski definition) is 2. The first-order chi connectivity index (χ1) is 9.04. The summed E-state index contributed by atoms with van der Waals surface area (Å²) in [5.74, 6) is 0.496. The lowest BCUT2D eigenvalue weighted by molar-refractivity contribution is -0.137. The molecule has 0 radical (unpaired) electrons. The van der Waals surface area contributed by atoms with Gasteiger partial charge in [0.1, 0.15) is 0 Å². The Morgan fingerprint density at radius 3 is 2.53 bits per heavy atom. The molecule has 5 heteroatoms. The highest BCUT2D eigenvalue weighted by atomic mass is 16.5. The predicted molar refractivity (Wildman–Crippen MR) is 72.7 cm³/mol. The normalized spacial score (nSPS) is 12.0. The van der Waals surface area contributed by atoms with Crippen molar-refractivity contribution in [3.63, 3.8) is 0 Å². The van der Waals surface area contributed by atoms with Crippen molar-refractivity contribution >= 4 is 5.97 Å². The average Bonchev–Trinajstić information content (AvgIpc) is 2.42. The minimum atomic E-state index is -0.839. The van der Waals surface area contributed by atoms with E-state index in [0.29, 0.717) is 17.9 Å². The predicted octanol–water partition coefficient (Wildman–Crippen LogP) is 2.13. The van der Waals surface area contributed by atoms with E-state index in [1.165, 1.54) is 0 Å². The summed E-state index contributed by atoms with van der Waals surface area (Å²) >= 11 is 0. The van der Waals surface area contributed by atoms with E-state index in [0.717, 1.165) is 17.5 Å². The van der Waals surface area contributed by atoms with Gasteiger partial charge in [-0.15, -0.1) is 0 Å². The molecule has 0 saturated heterocycles. The lowest BCUT2D eigenvalue weighted by atomic mass is 9.95. The SMILES string of the molecule is CCc1c(C(N)CCC(=O)O)ccc(OC)c1OC. The fourth-order valence-corrected chi connectivity index (χ4v) is 2.15. The highest BCUT2D eigenvalue weighted by Crippen LogP contribution is 2.36. The molecule has 0 spiro atoms. The van der Waals surface area contributed by atoms with E-state index in [4.69, 9.17) is 20.3 Å². The fourth-order valence-electron chi connectivity index (χ4n) is 2.15. The summed E-state index contributed by atoms with van der Waals surface area (Å²) in [5, 5.41) is 8.72. The van der Waals surface area contributed by atoms with Crippen LogP contribution in [0.2, 0.25) is 0 Å². The van der Waals surface area contributed by atoms with Gasteiger partial charge in [0.25, 0.3) is 0 Å². The molecule has 1 unspecified atom stereocenters. The maximum absolute atomic E-state index is 10.6. The zero-order chi connectivity index (χ0) is 14.4. The lowest BCUT2D eigenvalue weighted by Gasteiger charge is -2.19. The van der Waals surface area contributed by atoms with Crippen LogP contribution in [-0.2, 0) is 11.2 Å². The van der Waals surface area contributed by atoms with Crippen LogP contribution in [0.1, 0.15) is 36.9 Å². The standard InChI is InChI=1S/C14H21NO4/c1-4-9-10(11(15)6-8-13(16)17)5-7-12(18-2)14(9)19-3/h5,7,11H,4,6,8,15H2,1-3H3,(H,16,17). The van der Waals surface area contributed by atoms with Gasteiger partial charge in [-0.25, -0.2) is 0 Å². The molecular weight excluding hydrogens is 246 g/mol. The number of hydrogen-bond acceptors (Lipinski definition) is 4. The number of methoxy groups -OCH3 is 2. The van der Waals surface area contributed by atoms with Crippen molar-refractivity contribution in [2.24, 2.45) is 5.73 Å². The van der Waals surface area contributed by atoms with E-state index < -0.39 is 5.97 Å². The lowest BCUT2D eigenvalue weighted by Crippen LogP contribution is -2.15. The van der Waals surface area contributed by atoms with Crippen LogP contribution in [0.5, 0.6) is 11.5 Å². The van der Waals surface area contributed by atoms with Crippen LogP contribution < -0.4 is 15.2 Å². The van der Waals surface area contributed by atoms with Crippen molar-refractivity contribution < 1.29 is 19.4 Å². The van der Waals surface area contributed by atoms with Gasteiger partial charge < -0.3 is 20.3 Å². The maximum atomic E-state index is 10.6. The highest BCUT2D eigenvalue weighted by molar-refractivity contribution is 5.66. The molecule has 1 aromatic carbocycles. The van der Waals surface area contributed by atoms with Crippen LogP contribution in [0.3, 0.4) is 0 Å². The summed E-state index contributed by atoms with van der Waals surface area (Å²) in [6.45, 7) is 2.00. The van der Waals surface area contributed by atoms with E-state index in [-0.39, 0.29) is 12.5 Å². The monoisotopic (exact) mass is 267 g/mol. The molecule has 0 aliphatic rings. The fraction of sp³-hybridized carbons (Fsp3) is 0.500. The molecule has 0 amide bonds. The van der Waals surface area contributed by atoms with Gasteiger partial charge in [-0.05, 0) is 24.5 Å². The molecule has 0 fully saturated rings. The van der Waals surface area contributed by atoms with E-state index >= 15 is 0 Å². The Balaban J connectivity index is 3.09. The van der Waals surface area contributed by atoms with Crippen LogP contribution in [0.15, 0.2) is 12.1 Å². The second-order valence-corrected chi connectivity index (χ2v) is 4.26. The molecule has 0 saturated carbocycles. The third kappa shape index (κ3) is 3.61. The van der Waals surface area contributed by atoms with Gasteiger partial charge in [0.05, 0.1) is 14.2 Å². The van der Waals surface area contributed by atoms with Crippen molar-refractivity contribution in [2.75, 3.05) is 14.2 Å². The molecular formula is C14H21NO4. The molecule has 0 bridgehead atoms. The van der Waals surface area contributed by atoms with Crippen molar-refractivity contribution in [1.29, 1.82) is 0 Å². The third-order valence-corrected chi connectivity index (χ3v) is 3.11. The molecule has 1 atom stereocenters. The van der Waals surface area contributed by atoms with Crippen LogP contribution >= 0.6 is 0 Å². The summed E-state index contributed by atoms with van der Waals surface area (Å²) in [6.07, 6.45) is 1.20. The molecule has 3 N–H and O–H groups in total. The van der Waals surface area contributed by atoms with E-state index in [1.807, 2.05) is 13.0 Å². The smallest absolute Gasteiger partial charge is 0.303 e. The molecule has 0 aromatic heterocycles. The second kappa shape index (κ2) is 6.99.